The summed E-state index contributed by atoms with van der Waals surface area (Å²) < 4.78 is 31.1. The summed E-state index contributed by atoms with van der Waals surface area (Å²) in [5.41, 5.74) is -0.607. The molecule has 0 unspecified atom stereocenters. The molecule has 1 rings (SSSR count). The van der Waals surface area contributed by atoms with Crippen LogP contribution in [-0.4, -0.2) is 10.7 Å². The van der Waals surface area contributed by atoms with Crippen LogP contribution in [-0.2, 0) is 0 Å². The summed E-state index contributed by atoms with van der Waals surface area (Å²) in [7, 11) is 0. The minimum Gasteiger partial charge on any atom is -0.505 e. The van der Waals surface area contributed by atoms with Gasteiger partial charge in [-0.1, -0.05) is 0 Å². The highest BCUT2D eigenvalue weighted by molar-refractivity contribution is 5.34. The summed E-state index contributed by atoms with van der Waals surface area (Å²) in [5, 5.41) is 8.85. The molecule has 0 spiro atoms. The maximum absolute atomic E-state index is 13.1. The van der Waals surface area contributed by atoms with Gasteiger partial charge in [0.15, 0.2) is 11.5 Å². The Labute approximate surface area is 81.1 Å². The smallest absolute Gasteiger partial charge is 0.204 e. The molecular weight excluding hydrogens is 190 g/mol. The first-order valence-electron chi connectivity index (χ1n) is 4.17. The first kappa shape index (κ1) is 10.8. The van der Waals surface area contributed by atoms with Crippen molar-refractivity contribution in [2.24, 2.45) is 0 Å². The molecule has 2 nitrogen and oxygen atoms in total. The number of phenolic OH excluding ortho intramolecular Hbond substituents is 1. The van der Waals surface area contributed by atoms with Crippen molar-refractivity contribution in [1.29, 1.82) is 0 Å². The van der Waals surface area contributed by atoms with Crippen molar-refractivity contribution in [3.05, 3.63) is 23.8 Å². The molecule has 78 valence electrons. The zero-order valence-corrected chi connectivity index (χ0v) is 8.27. The topological polar surface area (TPSA) is 29.5 Å². The molecule has 1 N–H and O–H groups in total. The van der Waals surface area contributed by atoms with Crippen molar-refractivity contribution < 1.29 is 18.6 Å². The molecule has 0 fully saturated rings. The number of benzene rings is 1. The van der Waals surface area contributed by atoms with E-state index in [4.69, 9.17) is 9.84 Å². The van der Waals surface area contributed by atoms with Gasteiger partial charge in [-0.15, -0.1) is 0 Å². The molecule has 0 heterocycles. The Morgan fingerprint density at radius 1 is 1.14 bits per heavy atom. The molecule has 1 aromatic carbocycles. The summed E-state index contributed by atoms with van der Waals surface area (Å²) in [5.74, 6) is -3.37. The number of ether oxygens (including phenoxy) is 1. The molecule has 0 aliphatic rings. The van der Waals surface area contributed by atoms with E-state index in [0.717, 1.165) is 6.07 Å². The summed E-state index contributed by atoms with van der Waals surface area (Å²) >= 11 is 0. The number of halogens is 2. The van der Waals surface area contributed by atoms with Gasteiger partial charge in [0.05, 0.1) is 0 Å². The second kappa shape index (κ2) is 3.44. The molecule has 0 saturated heterocycles. The van der Waals surface area contributed by atoms with E-state index in [0.29, 0.717) is 0 Å². The summed E-state index contributed by atoms with van der Waals surface area (Å²) in [6, 6.07) is 2.25. The van der Waals surface area contributed by atoms with E-state index >= 15 is 0 Å². The third kappa shape index (κ3) is 2.34. The average molecular weight is 202 g/mol. The fourth-order valence-electron chi connectivity index (χ4n) is 0.930. The molecule has 0 atom stereocenters. The van der Waals surface area contributed by atoms with E-state index in [-0.39, 0.29) is 5.75 Å². The van der Waals surface area contributed by atoms with E-state index in [1.807, 2.05) is 0 Å². The zero-order valence-electron chi connectivity index (χ0n) is 8.27. The molecule has 0 aromatic heterocycles. The van der Waals surface area contributed by atoms with E-state index in [2.05, 4.69) is 0 Å². The van der Waals surface area contributed by atoms with Gasteiger partial charge in [0, 0.05) is 0 Å². The molecule has 0 bridgehead atoms. The van der Waals surface area contributed by atoms with E-state index < -0.39 is 23.0 Å². The standard InChI is InChI=1S/C10H12F2O2/c1-10(2,3)14-7-5-4-6(13)8(11)9(7)12/h4-5,13H,1-3H3. The lowest BCUT2D eigenvalue weighted by atomic mass is 10.2. The Hall–Kier alpha value is -1.32. The molecular formula is C10H12F2O2. The van der Waals surface area contributed by atoms with Crippen molar-refractivity contribution in [3.8, 4) is 11.5 Å². The van der Waals surface area contributed by atoms with Crippen LogP contribution in [0.3, 0.4) is 0 Å². The number of hydrogen-bond donors (Lipinski definition) is 1. The molecule has 0 saturated carbocycles. The van der Waals surface area contributed by atoms with E-state index in [1.165, 1.54) is 6.07 Å². The predicted octanol–water partition coefficient (Wildman–Crippen LogP) is 2.85. The molecule has 0 aliphatic carbocycles. The largest absolute Gasteiger partial charge is 0.505 e. The van der Waals surface area contributed by atoms with Gasteiger partial charge in [0.25, 0.3) is 0 Å². The Morgan fingerprint density at radius 3 is 2.21 bits per heavy atom. The van der Waals surface area contributed by atoms with Crippen molar-refractivity contribution in [2.75, 3.05) is 0 Å². The number of hydrogen-bond acceptors (Lipinski definition) is 2. The van der Waals surface area contributed by atoms with Gasteiger partial charge in [0.1, 0.15) is 5.60 Å². The third-order valence-corrected chi connectivity index (χ3v) is 1.44. The highest BCUT2D eigenvalue weighted by Gasteiger charge is 2.19. The normalized spacial score (nSPS) is 11.5. The average Bonchev–Trinajstić information content (AvgIpc) is 2.04. The van der Waals surface area contributed by atoms with Crippen LogP contribution in [0.15, 0.2) is 12.1 Å². The molecule has 4 heteroatoms. The monoisotopic (exact) mass is 202 g/mol. The molecule has 14 heavy (non-hydrogen) atoms. The maximum atomic E-state index is 13.1. The Balaban J connectivity index is 3.06. The van der Waals surface area contributed by atoms with Crippen LogP contribution in [0, 0.1) is 11.6 Å². The number of rotatable bonds is 1. The minimum atomic E-state index is -1.29. The van der Waals surface area contributed by atoms with Gasteiger partial charge in [-0.05, 0) is 32.9 Å². The van der Waals surface area contributed by atoms with E-state index in [9.17, 15) is 8.78 Å². The van der Waals surface area contributed by atoms with Crippen molar-refractivity contribution in [1.82, 2.24) is 0 Å². The highest BCUT2D eigenvalue weighted by Crippen LogP contribution is 2.28. The highest BCUT2D eigenvalue weighted by atomic mass is 19.2. The first-order valence-corrected chi connectivity index (χ1v) is 4.17. The Kier molecular flexibility index (Phi) is 2.64. The van der Waals surface area contributed by atoms with Crippen LogP contribution >= 0.6 is 0 Å². The van der Waals surface area contributed by atoms with Crippen LogP contribution in [0.25, 0.3) is 0 Å². The molecule has 0 amide bonds. The molecule has 1 aromatic rings. The second-order valence-electron chi connectivity index (χ2n) is 3.93. The van der Waals surface area contributed by atoms with Crippen LogP contribution in [0.1, 0.15) is 20.8 Å². The van der Waals surface area contributed by atoms with Crippen LogP contribution in [0.5, 0.6) is 11.5 Å². The van der Waals surface area contributed by atoms with Gasteiger partial charge in [-0.3, -0.25) is 0 Å². The van der Waals surface area contributed by atoms with Gasteiger partial charge < -0.3 is 9.84 Å². The van der Waals surface area contributed by atoms with Gasteiger partial charge in [-0.25, -0.2) is 0 Å². The lowest BCUT2D eigenvalue weighted by Crippen LogP contribution is -2.23. The Morgan fingerprint density at radius 2 is 1.71 bits per heavy atom. The summed E-state index contributed by atoms with van der Waals surface area (Å²) in [4.78, 5) is 0. The van der Waals surface area contributed by atoms with Crippen LogP contribution in [0.4, 0.5) is 8.78 Å². The predicted molar refractivity (Wildman–Crippen MR) is 48.4 cm³/mol. The SMILES string of the molecule is CC(C)(C)Oc1ccc(O)c(F)c1F. The quantitative estimate of drug-likeness (QED) is 0.758. The van der Waals surface area contributed by atoms with E-state index in [1.54, 1.807) is 20.8 Å². The number of phenols is 1. The van der Waals surface area contributed by atoms with Crippen LogP contribution in [0.2, 0.25) is 0 Å². The lowest BCUT2D eigenvalue weighted by Gasteiger charge is -2.21. The molecule has 0 aliphatic heterocycles. The summed E-state index contributed by atoms with van der Waals surface area (Å²) in [6.07, 6.45) is 0. The molecule has 0 radical (unpaired) electrons. The minimum absolute atomic E-state index is 0.201. The lowest BCUT2D eigenvalue weighted by molar-refractivity contribution is 0.122. The first-order chi connectivity index (χ1) is 6.31. The fraction of sp³-hybridized carbons (Fsp3) is 0.400. The maximum Gasteiger partial charge on any atom is 0.204 e. The third-order valence-electron chi connectivity index (χ3n) is 1.44. The van der Waals surface area contributed by atoms with Gasteiger partial charge in [0.2, 0.25) is 11.6 Å². The Bertz CT molecular complexity index is 343. The van der Waals surface area contributed by atoms with Gasteiger partial charge >= 0.3 is 0 Å². The van der Waals surface area contributed by atoms with Crippen molar-refractivity contribution in [2.45, 2.75) is 26.4 Å². The van der Waals surface area contributed by atoms with Crippen molar-refractivity contribution >= 4 is 0 Å². The second-order valence-corrected chi connectivity index (χ2v) is 3.93. The zero-order chi connectivity index (χ0) is 10.9. The van der Waals surface area contributed by atoms with Gasteiger partial charge in [-0.2, -0.15) is 8.78 Å². The fourth-order valence-corrected chi connectivity index (χ4v) is 0.930. The summed E-state index contributed by atoms with van der Waals surface area (Å²) in [6.45, 7) is 5.16. The van der Waals surface area contributed by atoms with Crippen molar-refractivity contribution in [3.63, 3.8) is 0 Å². The number of aromatic hydroxyl groups is 1. The van der Waals surface area contributed by atoms with Crippen LogP contribution < -0.4 is 4.74 Å².